The summed E-state index contributed by atoms with van der Waals surface area (Å²) in [5.74, 6) is 5.02. The van der Waals surface area contributed by atoms with Crippen LogP contribution in [0.1, 0.15) is 5.69 Å². The third-order valence-corrected chi connectivity index (χ3v) is 5.44. The lowest BCUT2D eigenvalue weighted by atomic mass is 10.3. The number of nitrogens with one attached hydrogen (secondary N) is 1. The molecule has 1 aromatic rings. The standard InChI is InChI=1S/C12H21N3OS2/c1-16-3-2-15-10-13-6-12(15)7-14-11-8-17-4-5-18-9-11/h6,10-11,14H,2-5,7-9H2,1H3. The molecule has 102 valence electrons. The van der Waals surface area contributed by atoms with E-state index in [-0.39, 0.29) is 0 Å². The first kappa shape index (κ1) is 14.2. The highest BCUT2D eigenvalue weighted by Crippen LogP contribution is 2.16. The van der Waals surface area contributed by atoms with Crippen LogP contribution < -0.4 is 5.32 Å². The van der Waals surface area contributed by atoms with E-state index >= 15 is 0 Å². The molecule has 6 heteroatoms. The molecular formula is C12H21N3OS2. The Labute approximate surface area is 117 Å². The number of rotatable bonds is 6. The maximum Gasteiger partial charge on any atom is 0.0949 e. The predicted molar refractivity (Wildman–Crippen MR) is 79.4 cm³/mol. The number of thioether (sulfide) groups is 2. The Balaban J connectivity index is 1.79. The molecule has 0 aromatic carbocycles. The topological polar surface area (TPSA) is 39.1 Å². The lowest BCUT2D eigenvalue weighted by Crippen LogP contribution is -2.33. The van der Waals surface area contributed by atoms with Crippen molar-refractivity contribution in [1.82, 2.24) is 14.9 Å². The van der Waals surface area contributed by atoms with Gasteiger partial charge >= 0.3 is 0 Å². The van der Waals surface area contributed by atoms with E-state index in [1.807, 2.05) is 12.5 Å². The van der Waals surface area contributed by atoms with E-state index < -0.39 is 0 Å². The van der Waals surface area contributed by atoms with Crippen LogP contribution in [0.5, 0.6) is 0 Å². The monoisotopic (exact) mass is 287 g/mol. The summed E-state index contributed by atoms with van der Waals surface area (Å²) < 4.78 is 7.27. The fraction of sp³-hybridized carbons (Fsp3) is 0.750. The van der Waals surface area contributed by atoms with Crippen LogP contribution in [0.2, 0.25) is 0 Å². The van der Waals surface area contributed by atoms with Gasteiger partial charge in [-0.05, 0) is 0 Å². The van der Waals surface area contributed by atoms with Gasteiger partial charge in [0.15, 0.2) is 0 Å². The van der Waals surface area contributed by atoms with Gasteiger partial charge in [-0.2, -0.15) is 23.5 Å². The molecule has 1 fully saturated rings. The van der Waals surface area contributed by atoms with Crippen LogP contribution in [0.4, 0.5) is 0 Å². The summed E-state index contributed by atoms with van der Waals surface area (Å²) in [6, 6.07) is 0.619. The van der Waals surface area contributed by atoms with Crippen molar-refractivity contribution in [2.24, 2.45) is 0 Å². The van der Waals surface area contributed by atoms with Crippen LogP contribution in [0, 0.1) is 0 Å². The summed E-state index contributed by atoms with van der Waals surface area (Å²) >= 11 is 4.11. The molecule has 0 atom stereocenters. The van der Waals surface area contributed by atoms with Crippen LogP contribution in [0.3, 0.4) is 0 Å². The minimum Gasteiger partial charge on any atom is -0.383 e. The molecule has 0 aliphatic carbocycles. The maximum absolute atomic E-state index is 5.11. The first-order chi connectivity index (χ1) is 8.90. The second-order valence-corrected chi connectivity index (χ2v) is 6.60. The molecule has 18 heavy (non-hydrogen) atoms. The molecule has 1 aliphatic rings. The van der Waals surface area contributed by atoms with Gasteiger partial charge in [0.05, 0.1) is 18.6 Å². The molecule has 1 aromatic heterocycles. The largest absolute Gasteiger partial charge is 0.383 e. The zero-order valence-corrected chi connectivity index (χ0v) is 12.4. The quantitative estimate of drug-likeness (QED) is 0.858. The number of nitrogens with zero attached hydrogens (tertiary/aromatic N) is 2. The molecule has 1 saturated heterocycles. The summed E-state index contributed by atoms with van der Waals surface area (Å²) in [6.07, 6.45) is 3.83. The van der Waals surface area contributed by atoms with Gasteiger partial charge in [0.1, 0.15) is 0 Å². The maximum atomic E-state index is 5.11. The molecular weight excluding hydrogens is 266 g/mol. The lowest BCUT2D eigenvalue weighted by Gasteiger charge is -2.16. The molecule has 1 N–H and O–H groups in total. The van der Waals surface area contributed by atoms with Gasteiger partial charge in [-0.3, -0.25) is 0 Å². The van der Waals surface area contributed by atoms with E-state index in [4.69, 9.17) is 4.74 Å². The molecule has 4 nitrogen and oxygen atoms in total. The zero-order valence-electron chi connectivity index (χ0n) is 10.8. The average molecular weight is 287 g/mol. The van der Waals surface area contributed by atoms with Crippen molar-refractivity contribution in [3.63, 3.8) is 0 Å². The number of imidazole rings is 1. The third-order valence-electron chi connectivity index (χ3n) is 2.92. The first-order valence-corrected chi connectivity index (χ1v) is 8.58. The van der Waals surface area contributed by atoms with Crippen LogP contribution in [0.15, 0.2) is 12.5 Å². The van der Waals surface area contributed by atoms with Crippen LogP contribution in [-0.2, 0) is 17.8 Å². The Bertz CT molecular complexity index is 338. The second kappa shape index (κ2) is 8.09. The first-order valence-electron chi connectivity index (χ1n) is 6.27. The Morgan fingerprint density at radius 1 is 1.44 bits per heavy atom. The van der Waals surface area contributed by atoms with E-state index in [2.05, 4.69) is 38.4 Å². The lowest BCUT2D eigenvalue weighted by molar-refractivity contribution is 0.186. The van der Waals surface area contributed by atoms with Crippen molar-refractivity contribution < 1.29 is 4.74 Å². The minimum absolute atomic E-state index is 0.619. The van der Waals surface area contributed by atoms with Crippen LogP contribution in [0.25, 0.3) is 0 Å². The van der Waals surface area contributed by atoms with E-state index in [1.54, 1.807) is 7.11 Å². The summed E-state index contributed by atoms with van der Waals surface area (Å²) in [7, 11) is 1.73. The van der Waals surface area contributed by atoms with Crippen molar-refractivity contribution in [2.45, 2.75) is 19.1 Å². The highest BCUT2D eigenvalue weighted by atomic mass is 32.2. The predicted octanol–water partition coefficient (Wildman–Crippen LogP) is 1.47. The van der Waals surface area contributed by atoms with Gasteiger partial charge < -0.3 is 14.6 Å². The fourth-order valence-electron chi connectivity index (χ4n) is 1.87. The van der Waals surface area contributed by atoms with Crippen molar-refractivity contribution in [3.05, 3.63) is 18.2 Å². The SMILES string of the molecule is COCCn1cncc1CNC1CSCCSC1. The van der Waals surface area contributed by atoms with Gasteiger partial charge in [0.2, 0.25) is 0 Å². The Morgan fingerprint density at radius 3 is 2.94 bits per heavy atom. The van der Waals surface area contributed by atoms with Crippen molar-refractivity contribution in [1.29, 1.82) is 0 Å². The summed E-state index contributed by atoms with van der Waals surface area (Å²) in [4.78, 5) is 4.21. The third kappa shape index (κ3) is 4.50. The molecule has 0 amide bonds. The minimum atomic E-state index is 0.619. The number of hydrogen-bond acceptors (Lipinski definition) is 5. The number of ether oxygens (including phenoxy) is 1. The van der Waals surface area contributed by atoms with Gasteiger partial charge in [-0.1, -0.05) is 0 Å². The molecule has 1 aliphatic heterocycles. The molecule has 2 heterocycles. The van der Waals surface area contributed by atoms with Crippen molar-refractivity contribution in [2.75, 3.05) is 36.7 Å². The van der Waals surface area contributed by atoms with E-state index in [0.29, 0.717) is 6.04 Å². The Kier molecular flexibility index (Phi) is 6.40. The Morgan fingerprint density at radius 2 is 2.22 bits per heavy atom. The average Bonchev–Trinajstić information content (AvgIpc) is 2.67. The molecule has 2 rings (SSSR count). The Hall–Kier alpha value is -0.170. The van der Waals surface area contributed by atoms with Gasteiger partial charge in [0, 0.05) is 55.4 Å². The smallest absolute Gasteiger partial charge is 0.0949 e. The van der Waals surface area contributed by atoms with E-state index in [1.165, 1.54) is 28.7 Å². The number of methoxy groups -OCH3 is 1. The normalized spacial score (nSPS) is 17.8. The summed E-state index contributed by atoms with van der Waals surface area (Å²) in [5, 5.41) is 3.64. The van der Waals surface area contributed by atoms with E-state index in [9.17, 15) is 0 Å². The zero-order chi connectivity index (χ0) is 12.6. The van der Waals surface area contributed by atoms with Crippen molar-refractivity contribution in [3.8, 4) is 0 Å². The highest BCUT2D eigenvalue weighted by Gasteiger charge is 2.12. The van der Waals surface area contributed by atoms with Gasteiger partial charge in [0.25, 0.3) is 0 Å². The highest BCUT2D eigenvalue weighted by molar-refractivity contribution is 8.03. The number of aromatic nitrogens is 2. The van der Waals surface area contributed by atoms with Gasteiger partial charge in [-0.25, -0.2) is 4.98 Å². The summed E-state index contributed by atoms with van der Waals surface area (Å²) in [6.45, 7) is 2.51. The van der Waals surface area contributed by atoms with Gasteiger partial charge in [-0.15, -0.1) is 0 Å². The fourth-order valence-corrected chi connectivity index (χ4v) is 4.34. The summed E-state index contributed by atoms with van der Waals surface area (Å²) in [5.41, 5.74) is 1.24. The molecule has 0 saturated carbocycles. The second-order valence-electron chi connectivity index (χ2n) is 4.30. The van der Waals surface area contributed by atoms with Crippen molar-refractivity contribution >= 4 is 23.5 Å². The molecule has 0 radical (unpaired) electrons. The molecule has 0 unspecified atom stereocenters. The molecule has 0 spiro atoms. The molecule has 0 bridgehead atoms. The van der Waals surface area contributed by atoms with Crippen LogP contribution in [-0.4, -0.2) is 52.3 Å². The number of hydrogen-bond donors (Lipinski definition) is 1. The van der Waals surface area contributed by atoms with Crippen LogP contribution >= 0.6 is 23.5 Å². The van der Waals surface area contributed by atoms with E-state index in [0.717, 1.165) is 19.7 Å².